The minimum Gasteiger partial charge on any atom is -0.326 e. The summed E-state index contributed by atoms with van der Waals surface area (Å²) in [7, 11) is 0. The first-order valence-electron chi connectivity index (χ1n) is 9.23. The molecule has 2 atom stereocenters. The van der Waals surface area contributed by atoms with Gasteiger partial charge in [0.25, 0.3) is 0 Å². The molecule has 0 bridgehead atoms. The Morgan fingerprint density at radius 3 is 1.25 bits per heavy atom. The average Bonchev–Trinajstić information content (AvgIpc) is 2.45. The molecule has 0 aliphatic rings. The second-order valence-electron chi connectivity index (χ2n) is 6.44. The zero-order valence-electron chi connectivity index (χ0n) is 14.2. The van der Waals surface area contributed by atoms with E-state index in [1.165, 1.54) is 77.0 Å². The molecule has 0 aliphatic heterocycles. The van der Waals surface area contributed by atoms with Crippen molar-refractivity contribution in [3.63, 3.8) is 0 Å². The molecule has 2 nitrogen and oxygen atoms in total. The summed E-state index contributed by atoms with van der Waals surface area (Å²) in [5.41, 5.74) is 12.3. The van der Waals surface area contributed by atoms with Gasteiger partial charge in [0.05, 0.1) is 0 Å². The molecule has 0 aromatic heterocycles. The maximum atomic E-state index is 6.17. The van der Waals surface area contributed by atoms with E-state index >= 15 is 0 Å². The molecule has 0 heterocycles. The number of rotatable bonds is 15. The van der Waals surface area contributed by atoms with Gasteiger partial charge >= 0.3 is 0 Å². The predicted molar refractivity (Wildman–Crippen MR) is 91.9 cm³/mol. The maximum absolute atomic E-state index is 6.17. The molecule has 0 rings (SSSR count). The minimum absolute atomic E-state index is 0.218. The maximum Gasteiger partial charge on any atom is 0.0192 e. The summed E-state index contributed by atoms with van der Waals surface area (Å²) in [5, 5.41) is 0. The van der Waals surface area contributed by atoms with E-state index in [9.17, 15) is 0 Å². The van der Waals surface area contributed by atoms with Gasteiger partial charge in [-0.2, -0.15) is 0 Å². The van der Waals surface area contributed by atoms with E-state index in [-0.39, 0.29) is 12.1 Å². The van der Waals surface area contributed by atoms with Gasteiger partial charge < -0.3 is 11.5 Å². The minimum atomic E-state index is 0.218. The normalized spacial score (nSPS) is 14.4. The fraction of sp³-hybridized carbons (Fsp3) is 1.00. The second-order valence-corrected chi connectivity index (χ2v) is 6.44. The first-order chi connectivity index (χ1) is 9.72. The van der Waals surface area contributed by atoms with Crippen molar-refractivity contribution in [3.8, 4) is 0 Å². The molecule has 0 saturated heterocycles. The highest BCUT2D eigenvalue weighted by molar-refractivity contribution is 4.75. The van der Waals surface area contributed by atoms with Crippen LogP contribution in [0.1, 0.15) is 104 Å². The zero-order valence-corrected chi connectivity index (χ0v) is 14.2. The third-order valence-electron chi connectivity index (χ3n) is 4.33. The standard InChI is InChI=1S/C18H40N2/c1-3-5-7-8-9-10-11-12-14-16-18(20)17(19)15-13-6-4-2/h17-18H,3-16,19-20H2,1-2H3. The van der Waals surface area contributed by atoms with Crippen LogP contribution in [0.2, 0.25) is 0 Å². The van der Waals surface area contributed by atoms with Crippen LogP contribution in [-0.4, -0.2) is 12.1 Å². The summed E-state index contributed by atoms with van der Waals surface area (Å²) >= 11 is 0. The Morgan fingerprint density at radius 1 is 0.500 bits per heavy atom. The van der Waals surface area contributed by atoms with Crippen LogP contribution in [-0.2, 0) is 0 Å². The molecule has 4 N–H and O–H groups in total. The van der Waals surface area contributed by atoms with Gasteiger partial charge in [-0.1, -0.05) is 90.9 Å². The summed E-state index contributed by atoms with van der Waals surface area (Å²) in [6.45, 7) is 4.50. The molecular weight excluding hydrogens is 244 g/mol. The SMILES string of the molecule is CCCCCCCCCCCC(N)C(N)CCCCC. The van der Waals surface area contributed by atoms with Gasteiger partial charge in [0.15, 0.2) is 0 Å². The highest BCUT2D eigenvalue weighted by Crippen LogP contribution is 2.13. The van der Waals surface area contributed by atoms with Crippen LogP contribution < -0.4 is 11.5 Å². The second kappa shape index (κ2) is 15.3. The van der Waals surface area contributed by atoms with Crippen molar-refractivity contribution >= 4 is 0 Å². The summed E-state index contributed by atoms with van der Waals surface area (Å²) in [6, 6.07) is 0.437. The molecule has 2 heteroatoms. The molecule has 0 amide bonds. The van der Waals surface area contributed by atoms with Crippen molar-refractivity contribution in [2.24, 2.45) is 11.5 Å². The molecule has 20 heavy (non-hydrogen) atoms. The number of hydrogen-bond acceptors (Lipinski definition) is 2. The number of hydrogen-bond donors (Lipinski definition) is 2. The molecular formula is C18H40N2. The Morgan fingerprint density at radius 2 is 0.800 bits per heavy atom. The molecule has 0 radical (unpaired) electrons. The lowest BCUT2D eigenvalue weighted by Gasteiger charge is -2.19. The van der Waals surface area contributed by atoms with E-state index in [4.69, 9.17) is 11.5 Å². The van der Waals surface area contributed by atoms with Gasteiger partial charge in [-0.15, -0.1) is 0 Å². The first-order valence-corrected chi connectivity index (χ1v) is 9.23. The van der Waals surface area contributed by atoms with Crippen molar-refractivity contribution < 1.29 is 0 Å². The van der Waals surface area contributed by atoms with E-state index < -0.39 is 0 Å². The van der Waals surface area contributed by atoms with Gasteiger partial charge in [-0.25, -0.2) is 0 Å². The summed E-state index contributed by atoms with van der Waals surface area (Å²) in [4.78, 5) is 0. The average molecular weight is 285 g/mol. The largest absolute Gasteiger partial charge is 0.326 e. The van der Waals surface area contributed by atoms with Gasteiger partial charge in [-0.05, 0) is 12.8 Å². The Hall–Kier alpha value is -0.0800. The van der Waals surface area contributed by atoms with E-state index in [0.29, 0.717) is 0 Å². The van der Waals surface area contributed by atoms with Crippen molar-refractivity contribution in [1.29, 1.82) is 0 Å². The summed E-state index contributed by atoms with van der Waals surface area (Å²) in [6.07, 6.45) is 18.4. The number of nitrogens with two attached hydrogens (primary N) is 2. The van der Waals surface area contributed by atoms with Crippen molar-refractivity contribution in [2.45, 2.75) is 116 Å². The van der Waals surface area contributed by atoms with Crippen molar-refractivity contribution in [3.05, 3.63) is 0 Å². The molecule has 122 valence electrons. The Labute approximate surface area is 128 Å². The Bertz CT molecular complexity index is 182. The Kier molecular flexibility index (Phi) is 15.3. The van der Waals surface area contributed by atoms with Gasteiger partial charge in [0.1, 0.15) is 0 Å². The predicted octanol–water partition coefficient (Wildman–Crippen LogP) is 5.14. The van der Waals surface area contributed by atoms with E-state index in [1.807, 2.05) is 0 Å². The Balaban J connectivity index is 3.27. The van der Waals surface area contributed by atoms with E-state index in [1.54, 1.807) is 0 Å². The first kappa shape index (κ1) is 19.9. The molecule has 0 aliphatic carbocycles. The lowest BCUT2D eigenvalue weighted by molar-refractivity contribution is 0.432. The van der Waals surface area contributed by atoms with Crippen LogP contribution in [0, 0.1) is 0 Å². The molecule has 0 spiro atoms. The number of unbranched alkanes of at least 4 members (excludes halogenated alkanes) is 10. The summed E-state index contributed by atoms with van der Waals surface area (Å²) in [5.74, 6) is 0. The lowest BCUT2D eigenvalue weighted by atomic mass is 9.97. The van der Waals surface area contributed by atoms with E-state index in [0.717, 1.165) is 12.8 Å². The van der Waals surface area contributed by atoms with Crippen LogP contribution in [0.5, 0.6) is 0 Å². The highest BCUT2D eigenvalue weighted by atomic mass is 14.8. The molecule has 0 fully saturated rings. The molecule has 0 aromatic rings. The molecule has 0 saturated carbocycles. The fourth-order valence-corrected chi connectivity index (χ4v) is 2.75. The van der Waals surface area contributed by atoms with Gasteiger partial charge in [-0.3, -0.25) is 0 Å². The highest BCUT2D eigenvalue weighted by Gasteiger charge is 2.11. The van der Waals surface area contributed by atoms with Crippen LogP contribution >= 0.6 is 0 Å². The van der Waals surface area contributed by atoms with E-state index in [2.05, 4.69) is 13.8 Å². The van der Waals surface area contributed by atoms with Crippen LogP contribution in [0.4, 0.5) is 0 Å². The molecule has 0 aromatic carbocycles. The molecule has 2 unspecified atom stereocenters. The summed E-state index contributed by atoms with van der Waals surface area (Å²) < 4.78 is 0. The quantitative estimate of drug-likeness (QED) is 0.409. The zero-order chi connectivity index (χ0) is 15.1. The van der Waals surface area contributed by atoms with Crippen LogP contribution in [0.25, 0.3) is 0 Å². The van der Waals surface area contributed by atoms with Crippen LogP contribution in [0.3, 0.4) is 0 Å². The van der Waals surface area contributed by atoms with Crippen molar-refractivity contribution in [1.82, 2.24) is 0 Å². The van der Waals surface area contributed by atoms with Crippen molar-refractivity contribution in [2.75, 3.05) is 0 Å². The van der Waals surface area contributed by atoms with Crippen LogP contribution in [0.15, 0.2) is 0 Å². The topological polar surface area (TPSA) is 52.0 Å². The fourth-order valence-electron chi connectivity index (χ4n) is 2.75. The van der Waals surface area contributed by atoms with Gasteiger partial charge in [0.2, 0.25) is 0 Å². The third-order valence-corrected chi connectivity index (χ3v) is 4.33. The monoisotopic (exact) mass is 284 g/mol. The smallest absolute Gasteiger partial charge is 0.0192 e. The third kappa shape index (κ3) is 12.9. The lowest BCUT2D eigenvalue weighted by Crippen LogP contribution is -2.41. The van der Waals surface area contributed by atoms with Gasteiger partial charge in [0, 0.05) is 12.1 Å².